The van der Waals surface area contributed by atoms with E-state index < -0.39 is 0 Å². The van der Waals surface area contributed by atoms with E-state index in [2.05, 4.69) is 10.4 Å². The summed E-state index contributed by atoms with van der Waals surface area (Å²) < 4.78 is 1.91. The molecule has 0 radical (unpaired) electrons. The van der Waals surface area contributed by atoms with Gasteiger partial charge in [-0.2, -0.15) is 5.10 Å². The molecule has 128 valence electrons. The molecule has 0 fully saturated rings. The predicted molar refractivity (Wildman–Crippen MR) is 98.1 cm³/mol. The molecule has 1 heterocycles. The van der Waals surface area contributed by atoms with Crippen molar-refractivity contribution in [1.29, 1.82) is 0 Å². The average molecular weight is 335 g/mol. The van der Waals surface area contributed by atoms with Gasteiger partial charge < -0.3 is 10.4 Å². The molecular formula is C20H21N3O2. The topological polar surface area (TPSA) is 67.2 Å². The molecule has 0 bridgehead atoms. The Labute approximate surface area is 146 Å². The van der Waals surface area contributed by atoms with Crippen LogP contribution in [0.3, 0.4) is 0 Å². The van der Waals surface area contributed by atoms with E-state index in [0.29, 0.717) is 18.5 Å². The monoisotopic (exact) mass is 335 g/mol. The highest BCUT2D eigenvalue weighted by molar-refractivity contribution is 5.92. The molecule has 25 heavy (non-hydrogen) atoms. The third-order valence-corrected chi connectivity index (χ3v) is 4.22. The largest absolute Gasteiger partial charge is 0.506 e. The second-order valence-corrected chi connectivity index (χ2v) is 5.96. The number of aryl methyl sites for hydroxylation is 1. The third-order valence-electron chi connectivity index (χ3n) is 4.22. The Balaban J connectivity index is 1.70. The summed E-state index contributed by atoms with van der Waals surface area (Å²) in [6.45, 7) is 3.98. The summed E-state index contributed by atoms with van der Waals surface area (Å²) in [7, 11) is 0. The van der Waals surface area contributed by atoms with Gasteiger partial charge in [0, 0.05) is 12.1 Å². The number of carbonyl (C=O) groups excluding carboxylic acids is 1. The van der Waals surface area contributed by atoms with Gasteiger partial charge in [0.25, 0.3) is 0 Å². The second-order valence-electron chi connectivity index (χ2n) is 5.96. The molecule has 5 heteroatoms. The van der Waals surface area contributed by atoms with Crippen LogP contribution in [0.1, 0.15) is 23.4 Å². The molecule has 0 saturated heterocycles. The highest BCUT2D eigenvalue weighted by Gasteiger charge is 2.14. The van der Waals surface area contributed by atoms with E-state index >= 15 is 0 Å². The number of anilines is 1. The van der Waals surface area contributed by atoms with Gasteiger partial charge in [0.05, 0.1) is 17.1 Å². The van der Waals surface area contributed by atoms with Crippen LogP contribution in [-0.2, 0) is 11.2 Å². The number of aromatic nitrogens is 2. The smallest absolute Gasteiger partial charge is 0.224 e. The van der Waals surface area contributed by atoms with Gasteiger partial charge in [-0.1, -0.05) is 30.3 Å². The number of benzene rings is 2. The van der Waals surface area contributed by atoms with Crippen molar-refractivity contribution >= 4 is 11.6 Å². The van der Waals surface area contributed by atoms with Gasteiger partial charge in [-0.05, 0) is 50.1 Å². The maximum absolute atomic E-state index is 12.2. The zero-order valence-corrected chi connectivity index (χ0v) is 14.4. The van der Waals surface area contributed by atoms with Crippen LogP contribution in [0.2, 0.25) is 0 Å². The molecule has 0 unspecified atom stereocenters. The first kappa shape index (κ1) is 16.8. The molecule has 3 rings (SSSR count). The maximum Gasteiger partial charge on any atom is 0.224 e. The molecule has 2 N–H and O–H groups in total. The fourth-order valence-electron chi connectivity index (χ4n) is 2.89. The van der Waals surface area contributed by atoms with E-state index in [-0.39, 0.29) is 11.7 Å². The minimum absolute atomic E-state index is 0.0695. The Hall–Kier alpha value is -3.08. The van der Waals surface area contributed by atoms with Gasteiger partial charge in [-0.15, -0.1) is 0 Å². The fourth-order valence-corrected chi connectivity index (χ4v) is 2.89. The number of aromatic hydroxyl groups is 1. The summed E-state index contributed by atoms with van der Waals surface area (Å²) in [5.41, 5.74) is 4.49. The fraction of sp³-hybridized carbons (Fsp3) is 0.200. The minimum atomic E-state index is -0.132. The normalized spacial score (nSPS) is 10.6. The van der Waals surface area contributed by atoms with Crippen molar-refractivity contribution in [2.24, 2.45) is 0 Å². The lowest BCUT2D eigenvalue weighted by Crippen LogP contribution is -2.12. The van der Waals surface area contributed by atoms with E-state index in [4.69, 9.17) is 0 Å². The lowest BCUT2D eigenvalue weighted by molar-refractivity contribution is -0.116. The summed E-state index contributed by atoms with van der Waals surface area (Å²) in [4.78, 5) is 12.2. The maximum atomic E-state index is 12.2. The lowest BCUT2D eigenvalue weighted by atomic mass is 10.1. The Kier molecular flexibility index (Phi) is 4.84. The van der Waals surface area contributed by atoms with E-state index in [9.17, 15) is 9.90 Å². The number of phenolic OH excluding ortho intramolecular Hbond substituents is 1. The average Bonchev–Trinajstić information content (AvgIpc) is 2.90. The second kappa shape index (κ2) is 7.21. The Morgan fingerprint density at radius 3 is 2.48 bits per heavy atom. The van der Waals surface area contributed by atoms with Crippen LogP contribution in [-0.4, -0.2) is 20.8 Å². The van der Waals surface area contributed by atoms with E-state index in [1.165, 1.54) is 0 Å². The molecule has 0 aliphatic heterocycles. The molecule has 0 spiro atoms. The standard InChI is InChI=1S/C20H21N3O2/c1-14-17(15(2)23(22-14)16-8-4-3-5-9-16)12-13-20(25)21-18-10-6-7-11-19(18)24/h3-11,24H,12-13H2,1-2H3,(H,21,25). The van der Waals surface area contributed by atoms with Crippen molar-refractivity contribution in [2.75, 3.05) is 5.32 Å². The number of rotatable bonds is 5. The molecular weight excluding hydrogens is 314 g/mol. The molecule has 1 amide bonds. The van der Waals surface area contributed by atoms with Crippen molar-refractivity contribution in [2.45, 2.75) is 26.7 Å². The molecule has 5 nitrogen and oxygen atoms in total. The van der Waals surface area contributed by atoms with Gasteiger partial charge in [0.1, 0.15) is 5.75 Å². The summed E-state index contributed by atoms with van der Waals surface area (Å²) in [6.07, 6.45) is 0.931. The number of nitrogens with one attached hydrogen (secondary N) is 1. The number of hydrogen-bond donors (Lipinski definition) is 2. The zero-order valence-electron chi connectivity index (χ0n) is 14.4. The van der Waals surface area contributed by atoms with Crippen molar-refractivity contribution in [3.8, 4) is 11.4 Å². The van der Waals surface area contributed by atoms with E-state index in [1.54, 1.807) is 24.3 Å². The van der Waals surface area contributed by atoms with Crippen molar-refractivity contribution in [1.82, 2.24) is 9.78 Å². The first-order valence-corrected chi connectivity index (χ1v) is 8.24. The van der Waals surface area contributed by atoms with Gasteiger partial charge in [0.2, 0.25) is 5.91 Å². The summed E-state index contributed by atoms with van der Waals surface area (Å²) in [6, 6.07) is 16.7. The number of carbonyl (C=O) groups is 1. The van der Waals surface area contributed by atoms with Crippen LogP contribution in [0.25, 0.3) is 5.69 Å². The summed E-state index contributed by atoms with van der Waals surface area (Å²) in [5.74, 6) is -0.0622. The number of para-hydroxylation sites is 3. The van der Waals surface area contributed by atoms with Crippen LogP contribution < -0.4 is 5.32 Å². The minimum Gasteiger partial charge on any atom is -0.506 e. The van der Waals surface area contributed by atoms with Gasteiger partial charge in [-0.3, -0.25) is 4.79 Å². The van der Waals surface area contributed by atoms with Gasteiger partial charge >= 0.3 is 0 Å². The molecule has 3 aromatic rings. The Morgan fingerprint density at radius 2 is 1.76 bits per heavy atom. The predicted octanol–water partition coefficient (Wildman–Crippen LogP) is 3.77. The van der Waals surface area contributed by atoms with Crippen molar-refractivity contribution in [3.05, 3.63) is 71.5 Å². The van der Waals surface area contributed by atoms with Crippen molar-refractivity contribution in [3.63, 3.8) is 0 Å². The number of amides is 1. The third kappa shape index (κ3) is 3.71. The van der Waals surface area contributed by atoms with Crippen molar-refractivity contribution < 1.29 is 9.90 Å². The number of phenols is 1. The van der Waals surface area contributed by atoms with Gasteiger partial charge in [0.15, 0.2) is 0 Å². The zero-order chi connectivity index (χ0) is 17.8. The Morgan fingerprint density at radius 1 is 1.08 bits per heavy atom. The van der Waals surface area contributed by atoms with Crippen LogP contribution in [0, 0.1) is 13.8 Å². The number of hydrogen-bond acceptors (Lipinski definition) is 3. The molecule has 0 aliphatic rings. The highest BCUT2D eigenvalue weighted by Crippen LogP contribution is 2.23. The molecule has 0 atom stereocenters. The SMILES string of the molecule is Cc1nn(-c2ccccc2)c(C)c1CCC(=O)Nc1ccccc1O. The van der Waals surface area contributed by atoms with E-state index in [0.717, 1.165) is 22.6 Å². The molecule has 1 aromatic heterocycles. The molecule has 0 aliphatic carbocycles. The molecule has 0 saturated carbocycles. The first-order chi connectivity index (χ1) is 12.1. The van der Waals surface area contributed by atoms with Crippen LogP contribution in [0.15, 0.2) is 54.6 Å². The van der Waals surface area contributed by atoms with Crippen LogP contribution in [0.4, 0.5) is 5.69 Å². The van der Waals surface area contributed by atoms with Crippen LogP contribution in [0.5, 0.6) is 5.75 Å². The first-order valence-electron chi connectivity index (χ1n) is 8.24. The van der Waals surface area contributed by atoms with Crippen LogP contribution >= 0.6 is 0 Å². The lowest BCUT2D eigenvalue weighted by Gasteiger charge is -2.08. The quantitative estimate of drug-likeness (QED) is 0.698. The highest BCUT2D eigenvalue weighted by atomic mass is 16.3. The summed E-state index contributed by atoms with van der Waals surface area (Å²) >= 11 is 0. The number of nitrogens with zero attached hydrogens (tertiary/aromatic N) is 2. The molecule has 2 aromatic carbocycles. The Bertz CT molecular complexity index is 885. The summed E-state index contributed by atoms with van der Waals surface area (Å²) in [5, 5.41) is 17.1. The van der Waals surface area contributed by atoms with E-state index in [1.807, 2.05) is 48.9 Å². The van der Waals surface area contributed by atoms with Gasteiger partial charge in [-0.25, -0.2) is 4.68 Å².